The fourth-order valence-corrected chi connectivity index (χ4v) is 3.33. The van der Waals surface area contributed by atoms with Gasteiger partial charge in [0.05, 0.1) is 0 Å². The molecule has 0 amide bonds. The zero-order chi connectivity index (χ0) is 16.0. The minimum atomic E-state index is -0.268. The molecule has 1 N–H and O–H groups in total. The van der Waals surface area contributed by atoms with Gasteiger partial charge in [0.2, 0.25) is 0 Å². The van der Waals surface area contributed by atoms with Crippen molar-refractivity contribution in [2.75, 3.05) is 0 Å². The average molecular weight is 346 g/mol. The van der Waals surface area contributed by atoms with Crippen molar-refractivity contribution in [3.8, 4) is 5.69 Å². The van der Waals surface area contributed by atoms with E-state index in [2.05, 4.69) is 22.3 Å². The Morgan fingerprint density at radius 1 is 1.09 bits per heavy atom. The lowest BCUT2D eigenvalue weighted by Crippen LogP contribution is -2.01. The van der Waals surface area contributed by atoms with Crippen molar-refractivity contribution < 1.29 is 4.39 Å². The first-order valence-electron chi connectivity index (χ1n) is 7.32. The predicted octanol–water partition coefficient (Wildman–Crippen LogP) is 4.99. The van der Waals surface area contributed by atoms with Gasteiger partial charge in [0, 0.05) is 16.6 Å². The summed E-state index contributed by atoms with van der Waals surface area (Å²) in [6, 6.07) is 14.2. The molecule has 1 heterocycles. The number of rotatable bonds is 3. The predicted molar refractivity (Wildman–Crippen MR) is 90.3 cm³/mol. The topological polar surface area (TPSA) is 33.6 Å². The van der Waals surface area contributed by atoms with Gasteiger partial charge in [-0.25, -0.2) is 4.39 Å². The second-order valence-corrected chi connectivity index (χ2v) is 6.52. The first-order chi connectivity index (χ1) is 11.1. The number of benzene rings is 2. The van der Waals surface area contributed by atoms with E-state index in [1.54, 1.807) is 12.1 Å². The normalized spacial score (nSPS) is 19.7. The number of nitrogens with zero attached hydrogens (tertiary/aromatic N) is 2. The zero-order valence-electron chi connectivity index (χ0n) is 12.0. The number of H-pyrrole nitrogens is 1. The lowest BCUT2D eigenvalue weighted by atomic mass is 10.1. The van der Waals surface area contributed by atoms with E-state index in [-0.39, 0.29) is 5.82 Å². The van der Waals surface area contributed by atoms with Gasteiger partial charge in [0.1, 0.15) is 11.6 Å². The molecule has 23 heavy (non-hydrogen) atoms. The maximum absolute atomic E-state index is 13.1. The van der Waals surface area contributed by atoms with Gasteiger partial charge in [-0.1, -0.05) is 23.7 Å². The van der Waals surface area contributed by atoms with Crippen LogP contribution in [0.2, 0.25) is 5.02 Å². The number of halogens is 2. The number of aromatic nitrogens is 3. The Kier molecular flexibility index (Phi) is 3.54. The van der Waals surface area contributed by atoms with Gasteiger partial charge in [-0.3, -0.25) is 9.67 Å². The van der Waals surface area contributed by atoms with Gasteiger partial charge in [-0.15, -0.1) is 0 Å². The van der Waals surface area contributed by atoms with Crippen LogP contribution in [0.5, 0.6) is 0 Å². The van der Waals surface area contributed by atoms with Crippen molar-refractivity contribution in [3.63, 3.8) is 0 Å². The Balaban J connectivity index is 1.68. The van der Waals surface area contributed by atoms with Crippen molar-refractivity contribution in [2.45, 2.75) is 18.3 Å². The van der Waals surface area contributed by atoms with Crippen LogP contribution in [0, 0.1) is 10.6 Å². The number of aromatic amines is 1. The van der Waals surface area contributed by atoms with Crippen molar-refractivity contribution in [1.82, 2.24) is 14.8 Å². The van der Waals surface area contributed by atoms with Crippen LogP contribution in [-0.2, 0) is 0 Å². The Morgan fingerprint density at radius 3 is 2.48 bits per heavy atom. The maximum Gasteiger partial charge on any atom is 0.199 e. The van der Waals surface area contributed by atoms with E-state index >= 15 is 0 Å². The second-order valence-electron chi connectivity index (χ2n) is 5.70. The minimum absolute atomic E-state index is 0.268. The van der Waals surface area contributed by atoms with Crippen LogP contribution in [0.3, 0.4) is 0 Å². The molecule has 1 aliphatic carbocycles. The summed E-state index contributed by atoms with van der Waals surface area (Å²) in [4.78, 5) is 0. The van der Waals surface area contributed by atoms with E-state index in [0.29, 0.717) is 16.6 Å². The molecule has 3 nitrogen and oxygen atoms in total. The molecule has 2 aromatic carbocycles. The van der Waals surface area contributed by atoms with Crippen LogP contribution in [0.1, 0.15) is 29.6 Å². The summed E-state index contributed by atoms with van der Waals surface area (Å²) in [5.74, 6) is 1.34. The van der Waals surface area contributed by atoms with Crippen LogP contribution in [0.25, 0.3) is 5.69 Å². The van der Waals surface area contributed by atoms with E-state index in [1.807, 2.05) is 16.7 Å². The molecule has 0 aliphatic heterocycles. The average Bonchev–Trinajstić information content (AvgIpc) is 3.25. The quantitative estimate of drug-likeness (QED) is 0.678. The van der Waals surface area contributed by atoms with Gasteiger partial charge < -0.3 is 0 Å². The number of hydrogen-bond donors (Lipinski definition) is 1. The third-order valence-corrected chi connectivity index (χ3v) is 4.73. The largest absolute Gasteiger partial charge is 0.272 e. The molecule has 1 aromatic heterocycles. The van der Waals surface area contributed by atoms with E-state index in [9.17, 15) is 4.39 Å². The van der Waals surface area contributed by atoms with Gasteiger partial charge >= 0.3 is 0 Å². The van der Waals surface area contributed by atoms with E-state index in [0.717, 1.165) is 23.0 Å². The molecule has 0 spiro atoms. The van der Waals surface area contributed by atoms with Gasteiger partial charge in [0.15, 0.2) is 4.77 Å². The molecule has 0 unspecified atom stereocenters. The Bertz CT molecular complexity index is 899. The molecule has 0 radical (unpaired) electrons. The Morgan fingerprint density at radius 2 is 1.78 bits per heavy atom. The molecular weight excluding hydrogens is 333 g/mol. The second kappa shape index (κ2) is 5.58. The molecule has 4 rings (SSSR count). The van der Waals surface area contributed by atoms with E-state index in [1.165, 1.54) is 17.7 Å². The summed E-state index contributed by atoms with van der Waals surface area (Å²) in [6.45, 7) is 0. The molecule has 116 valence electrons. The number of hydrogen-bond acceptors (Lipinski definition) is 2. The summed E-state index contributed by atoms with van der Waals surface area (Å²) >= 11 is 11.3. The molecular formula is C17H13ClFN3S. The smallest absolute Gasteiger partial charge is 0.199 e. The van der Waals surface area contributed by atoms with Crippen LogP contribution in [-0.4, -0.2) is 14.8 Å². The van der Waals surface area contributed by atoms with Crippen molar-refractivity contribution in [2.24, 2.45) is 0 Å². The number of nitrogens with one attached hydrogen (secondary N) is 1. The molecule has 6 heteroatoms. The highest BCUT2D eigenvalue weighted by atomic mass is 35.5. The third-order valence-electron chi connectivity index (χ3n) is 4.20. The SMILES string of the molecule is Fc1ccc(-n2c([C@@H]3C[C@@H]3c3ccc(Cl)cc3)n[nH]c2=S)cc1. The van der Waals surface area contributed by atoms with E-state index in [4.69, 9.17) is 23.8 Å². The highest BCUT2D eigenvalue weighted by molar-refractivity contribution is 7.71. The van der Waals surface area contributed by atoms with Gasteiger partial charge in [0.25, 0.3) is 0 Å². The monoisotopic (exact) mass is 345 g/mol. The summed E-state index contributed by atoms with van der Waals surface area (Å²) in [6.07, 6.45) is 1.02. The van der Waals surface area contributed by atoms with Crippen LogP contribution >= 0.6 is 23.8 Å². The zero-order valence-corrected chi connectivity index (χ0v) is 13.6. The molecule has 1 aliphatic rings. The highest BCUT2D eigenvalue weighted by Gasteiger charge is 2.43. The van der Waals surface area contributed by atoms with Crippen molar-refractivity contribution in [3.05, 3.63) is 75.5 Å². The molecule has 2 atom stereocenters. The molecule has 1 fully saturated rings. The third kappa shape index (κ3) is 2.71. The fraction of sp³-hybridized carbons (Fsp3) is 0.176. The van der Waals surface area contributed by atoms with Gasteiger partial charge in [-0.2, -0.15) is 5.10 Å². The van der Waals surface area contributed by atoms with Gasteiger partial charge in [-0.05, 0) is 66.5 Å². The fourth-order valence-electron chi connectivity index (χ4n) is 2.96. The lowest BCUT2D eigenvalue weighted by molar-refractivity contribution is 0.627. The van der Waals surface area contributed by atoms with Crippen LogP contribution < -0.4 is 0 Å². The molecule has 0 saturated heterocycles. The first kappa shape index (κ1) is 14.6. The summed E-state index contributed by atoms with van der Waals surface area (Å²) in [7, 11) is 0. The summed E-state index contributed by atoms with van der Waals surface area (Å²) in [5.41, 5.74) is 2.07. The lowest BCUT2D eigenvalue weighted by Gasteiger charge is -2.07. The summed E-state index contributed by atoms with van der Waals surface area (Å²) < 4.78 is 15.6. The first-order valence-corrected chi connectivity index (χ1v) is 8.11. The highest BCUT2D eigenvalue weighted by Crippen LogP contribution is 2.54. The maximum atomic E-state index is 13.1. The molecule has 1 saturated carbocycles. The van der Waals surface area contributed by atoms with Crippen molar-refractivity contribution in [1.29, 1.82) is 0 Å². The minimum Gasteiger partial charge on any atom is -0.272 e. The molecule has 3 aromatic rings. The standard InChI is InChI=1S/C17H13ClFN3S/c18-11-3-1-10(2-4-11)14-9-15(14)16-20-21-17(23)22(16)13-7-5-12(19)6-8-13/h1-8,14-15H,9H2,(H,21,23)/t14-,15-/m1/s1. The summed E-state index contributed by atoms with van der Waals surface area (Å²) in [5, 5.41) is 7.99. The molecule has 0 bridgehead atoms. The van der Waals surface area contributed by atoms with Crippen LogP contribution in [0.4, 0.5) is 4.39 Å². The Labute approximate surface area is 142 Å². The van der Waals surface area contributed by atoms with Crippen LogP contribution in [0.15, 0.2) is 48.5 Å². The van der Waals surface area contributed by atoms with E-state index < -0.39 is 0 Å². The Hall–Kier alpha value is -1.98. The van der Waals surface area contributed by atoms with Crippen molar-refractivity contribution >= 4 is 23.8 Å².